The number of anilines is 1. The Hall–Kier alpha value is -2.87. The molecule has 0 saturated heterocycles. The summed E-state index contributed by atoms with van der Waals surface area (Å²) < 4.78 is 30.9. The van der Waals surface area contributed by atoms with Crippen molar-refractivity contribution in [1.29, 1.82) is 0 Å². The number of amides is 2. The van der Waals surface area contributed by atoms with Gasteiger partial charge in [0.2, 0.25) is 10.0 Å². The Bertz CT molecular complexity index is 1090. The fraction of sp³-hybridized carbons (Fsp3) is 0.440. The van der Waals surface area contributed by atoms with Crippen LogP contribution in [0.5, 0.6) is 5.75 Å². The van der Waals surface area contributed by atoms with Crippen LogP contribution in [0.15, 0.2) is 42.5 Å². The molecule has 0 atom stereocenters. The summed E-state index contributed by atoms with van der Waals surface area (Å²) in [5.41, 5.74) is 1.99. The number of nitrogens with zero attached hydrogens (tertiary/aromatic N) is 1. The minimum atomic E-state index is -3.70. The molecule has 33 heavy (non-hydrogen) atoms. The highest BCUT2D eigenvalue weighted by atomic mass is 32.2. The molecule has 0 bridgehead atoms. The summed E-state index contributed by atoms with van der Waals surface area (Å²) in [6.07, 6.45) is 5.71. The van der Waals surface area contributed by atoms with Crippen molar-refractivity contribution in [3.63, 3.8) is 0 Å². The second-order valence-electron chi connectivity index (χ2n) is 8.48. The number of hydrogen-bond acceptors (Lipinski definition) is 5. The first kappa shape index (κ1) is 24.8. The maximum absolute atomic E-state index is 13.8. The minimum absolute atomic E-state index is 0.133. The lowest BCUT2D eigenvalue weighted by molar-refractivity contribution is 0.0979. The van der Waals surface area contributed by atoms with Gasteiger partial charge in [0.15, 0.2) is 0 Å². The van der Waals surface area contributed by atoms with Gasteiger partial charge in [-0.25, -0.2) is 13.1 Å². The molecule has 0 spiro atoms. The van der Waals surface area contributed by atoms with Gasteiger partial charge in [0.25, 0.3) is 11.8 Å². The number of carbonyl (C=O) groups excluding carboxylic acids is 2. The fourth-order valence-electron chi connectivity index (χ4n) is 4.11. The molecule has 3 rings (SSSR count). The zero-order valence-corrected chi connectivity index (χ0v) is 20.3. The molecule has 0 aliphatic heterocycles. The van der Waals surface area contributed by atoms with Gasteiger partial charge >= 0.3 is 0 Å². The van der Waals surface area contributed by atoms with Gasteiger partial charge in [-0.2, -0.15) is 0 Å². The molecule has 2 aromatic carbocycles. The Morgan fingerprint density at radius 2 is 1.73 bits per heavy atom. The molecule has 2 aromatic rings. The summed E-state index contributed by atoms with van der Waals surface area (Å²) in [5, 5.41) is 0. The van der Waals surface area contributed by atoms with Gasteiger partial charge < -0.3 is 9.64 Å². The second kappa shape index (κ2) is 10.8. The summed E-state index contributed by atoms with van der Waals surface area (Å²) >= 11 is 0. The molecular weight excluding hydrogens is 440 g/mol. The lowest BCUT2D eigenvalue weighted by Gasteiger charge is -2.30. The van der Waals surface area contributed by atoms with E-state index in [0.717, 1.165) is 36.9 Å². The van der Waals surface area contributed by atoms with Crippen molar-refractivity contribution in [3.05, 3.63) is 59.2 Å². The van der Waals surface area contributed by atoms with Crippen LogP contribution >= 0.6 is 0 Å². The zero-order valence-electron chi connectivity index (χ0n) is 19.5. The molecule has 8 heteroatoms. The number of rotatable bonds is 8. The summed E-state index contributed by atoms with van der Waals surface area (Å²) in [6, 6.07) is 12.1. The summed E-state index contributed by atoms with van der Waals surface area (Å²) in [4.78, 5) is 28.0. The number of carbonyl (C=O) groups is 2. The van der Waals surface area contributed by atoms with Crippen molar-refractivity contribution in [2.45, 2.75) is 46.0 Å². The number of ether oxygens (including phenoxy) is 1. The zero-order chi connectivity index (χ0) is 24.0. The van der Waals surface area contributed by atoms with Gasteiger partial charge in [0, 0.05) is 23.4 Å². The summed E-state index contributed by atoms with van der Waals surface area (Å²) in [5.74, 6) is -0.0456. The van der Waals surface area contributed by atoms with Gasteiger partial charge in [-0.1, -0.05) is 25.3 Å². The van der Waals surface area contributed by atoms with Gasteiger partial charge in [0.05, 0.1) is 12.9 Å². The van der Waals surface area contributed by atoms with Gasteiger partial charge in [0.1, 0.15) is 5.75 Å². The highest BCUT2D eigenvalue weighted by Gasteiger charge is 2.25. The molecule has 1 aliphatic carbocycles. The first-order valence-electron chi connectivity index (χ1n) is 11.4. The standard InChI is InChI=1S/C25H32N2O5S/c1-4-33(30,31)26-24(28)20-11-10-18(2)23(16-20)25(29)27(17-19-8-6-5-7-9-19)21-12-14-22(32-3)15-13-21/h10-16,19H,4-9,17H2,1-3H3,(H,26,28). The van der Waals surface area contributed by atoms with Crippen LogP contribution in [-0.2, 0) is 10.0 Å². The van der Waals surface area contributed by atoms with Crippen molar-refractivity contribution >= 4 is 27.5 Å². The van der Waals surface area contributed by atoms with Crippen molar-refractivity contribution in [2.75, 3.05) is 24.3 Å². The van der Waals surface area contributed by atoms with E-state index < -0.39 is 15.9 Å². The Labute approximate surface area is 196 Å². The van der Waals surface area contributed by atoms with Gasteiger partial charge in [-0.05, 0) is 74.6 Å². The van der Waals surface area contributed by atoms with E-state index in [1.807, 2.05) is 35.9 Å². The monoisotopic (exact) mass is 472 g/mol. The largest absolute Gasteiger partial charge is 0.497 e. The quantitative estimate of drug-likeness (QED) is 0.618. The Morgan fingerprint density at radius 3 is 2.33 bits per heavy atom. The molecule has 0 unspecified atom stereocenters. The molecule has 1 aliphatic rings. The lowest BCUT2D eigenvalue weighted by Crippen LogP contribution is -2.37. The number of methoxy groups -OCH3 is 1. The maximum Gasteiger partial charge on any atom is 0.264 e. The third kappa shape index (κ3) is 6.35. The topological polar surface area (TPSA) is 92.8 Å². The minimum Gasteiger partial charge on any atom is -0.497 e. The van der Waals surface area contributed by atoms with Crippen LogP contribution in [0.25, 0.3) is 0 Å². The summed E-state index contributed by atoms with van der Waals surface area (Å²) in [7, 11) is -2.11. The van der Waals surface area contributed by atoms with Crippen molar-refractivity contribution in [2.24, 2.45) is 5.92 Å². The van der Waals surface area contributed by atoms with E-state index in [1.54, 1.807) is 18.1 Å². The Kier molecular flexibility index (Phi) is 8.13. The third-order valence-electron chi connectivity index (χ3n) is 6.15. The van der Waals surface area contributed by atoms with Crippen molar-refractivity contribution in [3.8, 4) is 5.75 Å². The fourth-order valence-corrected chi connectivity index (χ4v) is 4.65. The van der Waals surface area contributed by atoms with Gasteiger partial charge in [-0.3, -0.25) is 9.59 Å². The first-order chi connectivity index (χ1) is 15.7. The molecule has 2 amide bonds. The van der Waals surface area contributed by atoms with E-state index in [9.17, 15) is 18.0 Å². The molecule has 1 fully saturated rings. The van der Waals surface area contributed by atoms with E-state index in [0.29, 0.717) is 23.8 Å². The van der Waals surface area contributed by atoms with Gasteiger partial charge in [-0.15, -0.1) is 0 Å². The van der Waals surface area contributed by atoms with Crippen LogP contribution in [0.1, 0.15) is 65.3 Å². The number of benzene rings is 2. The Morgan fingerprint density at radius 1 is 1.06 bits per heavy atom. The van der Waals surface area contributed by atoms with Crippen molar-refractivity contribution < 1.29 is 22.7 Å². The van der Waals surface area contributed by atoms with Crippen LogP contribution in [0.3, 0.4) is 0 Å². The van der Waals surface area contributed by atoms with E-state index in [2.05, 4.69) is 0 Å². The highest BCUT2D eigenvalue weighted by Crippen LogP contribution is 2.29. The van der Waals surface area contributed by atoms with Crippen LogP contribution in [0.4, 0.5) is 5.69 Å². The Balaban J connectivity index is 1.94. The molecule has 1 saturated carbocycles. The molecule has 0 radical (unpaired) electrons. The molecule has 1 N–H and O–H groups in total. The third-order valence-corrected chi connectivity index (χ3v) is 7.41. The SMILES string of the molecule is CCS(=O)(=O)NC(=O)c1ccc(C)c(C(=O)N(CC2CCCCC2)c2ccc(OC)cc2)c1. The number of hydrogen-bond donors (Lipinski definition) is 1. The van der Waals surface area contributed by atoms with E-state index in [1.165, 1.54) is 25.5 Å². The molecule has 178 valence electrons. The van der Waals surface area contributed by atoms with Crippen molar-refractivity contribution in [1.82, 2.24) is 4.72 Å². The van der Waals surface area contributed by atoms with E-state index in [4.69, 9.17) is 4.74 Å². The van der Waals surface area contributed by atoms with E-state index in [-0.39, 0.29) is 17.2 Å². The lowest BCUT2D eigenvalue weighted by atomic mass is 9.88. The number of nitrogens with one attached hydrogen (secondary N) is 1. The maximum atomic E-state index is 13.8. The van der Waals surface area contributed by atoms with Crippen LogP contribution in [0, 0.1) is 12.8 Å². The molecular formula is C25H32N2O5S. The average molecular weight is 473 g/mol. The van der Waals surface area contributed by atoms with E-state index >= 15 is 0 Å². The number of aryl methyl sites for hydroxylation is 1. The highest BCUT2D eigenvalue weighted by molar-refractivity contribution is 7.90. The van der Waals surface area contributed by atoms with Crippen LogP contribution in [0.2, 0.25) is 0 Å². The molecule has 0 heterocycles. The summed E-state index contributed by atoms with van der Waals surface area (Å²) in [6.45, 7) is 3.85. The predicted octanol–water partition coefficient (Wildman–Crippen LogP) is 4.31. The molecule has 7 nitrogen and oxygen atoms in total. The number of sulfonamides is 1. The molecule has 0 aromatic heterocycles. The van der Waals surface area contributed by atoms with Crippen LogP contribution < -0.4 is 14.4 Å². The first-order valence-corrected chi connectivity index (χ1v) is 13.0. The smallest absolute Gasteiger partial charge is 0.264 e. The second-order valence-corrected chi connectivity index (χ2v) is 10.5. The predicted molar refractivity (Wildman–Crippen MR) is 129 cm³/mol. The average Bonchev–Trinajstić information content (AvgIpc) is 2.83. The normalized spacial score (nSPS) is 14.5. The van der Waals surface area contributed by atoms with Crippen LogP contribution in [-0.4, -0.2) is 39.6 Å².